The fourth-order valence-electron chi connectivity index (χ4n) is 3.83. The SMILES string of the molecule is CS(=O)(=O)c1cccc(C(=O)N2CC[C@H]2C(=O)N[C@@H](c2cc(F)c(Cl)cc2F)C2CC2)c1. The van der Waals surface area contributed by atoms with E-state index >= 15 is 0 Å². The van der Waals surface area contributed by atoms with Gasteiger partial charge in [-0.25, -0.2) is 17.2 Å². The van der Waals surface area contributed by atoms with Crippen molar-refractivity contribution in [3.63, 3.8) is 0 Å². The van der Waals surface area contributed by atoms with E-state index in [1.807, 2.05) is 0 Å². The topological polar surface area (TPSA) is 83.6 Å². The zero-order valence-corrected chi connectivity index (χ0v) is 18.7. The molecule has 4 rings (SSSR count). The molecule has 2 aromatic rings. The molecular weight excluding hydrogens is 462 g/mol. The van der Waals surface area contributed by atoms with Crippen molar-refractivity contribution in [1.29, 1.82) is 0 Å². The minimum absolute atomic E-state index is 0.0129. The lowest BCUT2D eigenvalue weighted by molar-refractivity contribution is -0.130. The Labute approximate surface area is 189 Å². The number of nitrogens with one attached hydrogen (secondary N) is 1. The van der Waals surface area contributed by atoms with Crippen LogP contribution in [0.2, 0.25) is 5.02 Å². The van der Waals surface area contributed by atoms with Crippen LogP contribution in [0, 0.1) is 17.6 Å². The van der Waals surface area contributed by atoms with Gasteiger partial charge in [0.05, 0.1) is 16.0 Å². The number of benzene rings is 2. The average molecular weight is 483 g/mol. The summed E-state index contributed by atoms with van der Waals surface area (Å²) in [4.78, 5) is 27.2. The molecular formula is C22H21ClF2N2O4S. The molecule has 0 bridgehead atoms. The van der Waals surface area contributed by atoms with Crippen molar-refractivity contribution < 1.29 is 26.8 Å². The first-order valence-corrected chi connectivity index (χ1v) is 12.4. The summed E-state index contributed by atoms with van der Waals surface area (Å²) in [5.74, 6) is -2.42. The lowest BCUT2D eigenvalue weighted by atomic mass is 9.97. The van der Waals surface area contributed by atoms with Crippen molar-refractivity contribution in [2.24, 2.45) is 5.92 Å². The van der Waals surface area contributed by atoms with Crippen LogP contribution < -0.4 is 5.32 Å². The number of carbonyl (C=O) groups is 2. The molecule has 32 heavy (non-hydrogen) atoms. The molecule has 2 atom stereocenters. The maximum atomic E-state index is 14.5. The molecule has 1 saturated heterocycles. The zero-order valence-electron chi connectivity index (χ0n) is 17.1. The highest BCUT2D eigenvalue weighted by atomic mass is 35.5. The van der Waals surface area contributed by atoms with Gasteiger partial charge in [0.15, 0.2) is 9.84 Å². The highest BCUT2D eigenvalue weighted by Gasteiger charge is 2.42. The van der Waals surface area contributed by atoms with Crippen LogP contribution >= 0.6 is 11.6 Å². The monoisotopic (exact) mass is 482 g/mol. The third kappa shape index (κ3) is 4.49. The molecule has 1 aliphatic heterocycles. The minimum Gasteiger partial charge on any atom is -0.347 e. The van der Waals surface area contributed by atoms with Gasteiger partial charge in [-0.3, -0.25) is 9.59 Å². The second-order valence-electron chi connectivity index (χ2n) is 8.21. The smallest absolute Gasteiger partial charge is 0.254 e. The molecule has 1 saturated carbocycles. The van der Waals surface area contributed by atoms with Gasteiger partial charge in [0.2, 0.25) is 5.91 Å². The van der Waals surface area contributed by atoms with Crippen molar-refractivity contribution in [2.45, 2.75) is 36.2 Å². The van der Waals surface area contributed by atoms with Gasteiger partial charge in [-0.2, -0.15) is 0 Å². The number of hydrogen-bond acceptors (Lipinski definition) is 4. The predicted octanol–water partition coefficient (Wildman–Crippen LogP) is 3.50. The predicted molar refractivity (Wildman–Crippen MR) is 114 cm³/mol. The van der Waals surface area contributed by atoms with Crippen molar-refractivity contribution in [3.8, 4) is 0 Å². The number of rotatable bonds is 6. The van der Waals surface area contributed by atoms with Gasteiger partial charge < -0.3 is 10.2 Å². The number of sulfone groups is 1. The van der Waals surface area contributed by atoms with Gasteiger partial charge in [0.25, 0.3) is 5.91 Å². The summed E-state index contributed by atoms with van der Waals surface area (Å²) in [7, 11) is -3.49. The fraction of sp³-hybridized carbons (Fsp3) is 0.364. The van der Waals surface area contributed by atoms with E-state index in [1.54, 1.807) is 0 Å². The first-order valence-electron chi connectivity index (χ1n) is 10.1. The molecule has 2 amide bonds. The Balaban J connectivity index is 1.51. The molecule has 1 heterocycles. The lowest BCUT2D eigenvalue weighted by Crippen LogP contribution is -2.58. The molecule has 0 spiro atoms. The van der Waals surface area contributed by atoms with Crippen LogP contribution in [0.3, 0.4) is 0 Å². The zero-order chi connectivity index (χ0) is 23.2. The third-order valence-corrected chi connectivity index (χ3v) is 7.26. The Morgan fingerprint density at radius 3 is 2.44 bits per heavy atom. The van der Waals surface area contributed by atoms with Crippen molar-refractivity contribution in [1.82, 2.24) is 10.2 Å². The van der Waals surface area contributed by atoms with Crippen LogP contribution in [0.15, 0.2) is 41.3 Å². The van der Waals surface area contributed by atoms with Gasteiger partial charge in [0, 0.05) is 23.9 Å². The summed E-state index contributed by atoms with van der Waals surface area (Å²) >= 11 is 5.64. The number of carbonyl (C=O) groups excluding carboxylic acids is 2. The Morgan fingerprint density at radius 1 is 1.12 bits per heavy atom. The average Bonchev–Trinajstić information content (AvgIpc) is 3.53. The van der Waals surface area contributed by atoms with E-state index in [-0.39, 0.29) is 27.0 Å². The highest BCUT2D eigenvalue weighted by Crippen LogP contribution is 2.42. The molecule has 2 fully saturated rings. The molecule has 1 aliphatic carbocycles. The number of hydrogen-bond donors (Lipinski definition) is 1. The van der Waals surface area contributed by atoms with Gasteiger partial charge in [-0.1, -0.05) is 17.7 Å². The third-order valence-electron chi connectivity index (χ3n) is 5.86. The Hall–Kier alpha value is -2.52. The van der Waals surface area contributed by atoms with E-state index in [4.69, 9.17) is 11.6 Å². The van der Waals surface area contributed by atoms with Crippen LogP contribution in [0.25, 0.3) is 0 Å². The van der Waals surface area contributed by atoms with Crippen LogP contribution in [-0.2, 0) is 14.6 Å². The van der Waals surface area contributed by atoms with Gasteiger partial charge in [0.1, 0.15) is 17.7 Å². The van der Waals surface area contributed by atoms with Crippen molar-refractivity contribution in [2.75, 3.05) is 12.8 Å². The summed E-state index contributed by atoms with van der Waals surface area (Å²) in [5.41, 5.74) is 0.191. The number of halogens is 3. The second-order valence-corrected chi connectivity index (χ2v) is 10.6. The summed E-state index contributed by atoms with van der Waals surface area (Å²) < 4.78 is 52.0. The van der Waals surface area contributed by atoms with Crippen LogP contribution in [0.4, 0.5) is 8.78 Å². The molecule has 2 aromatic carbocycles. The van der Waals surface area contributed by atoms with Crippen molar-refractivity contribution in [3.05, 3.63) is 64.2 Å². The number of likely N-dealkylation sites (tertiary alicyclic amines) is 1. The molecule has 2 aliphatic rings. The van der Waals surface area contributed by atoms with E-state index in [0.717, 1.165) is 31.2 Å². The van der Waals surface area contributed by atoms with E-state index < -0.39 is 45.4 Å². The Bertz CT molecular complexity index is 1200. The molecule has 0 unspecified atom stereocenters. The molecule has 6 nitrogen and oxygen atoms in total. The van der Waals surface area contributed by atoms with Crippen LogP contribution in [0.5, 0.6) is 0 Å². The molecule has 170 valence electrons. The van der Waals surface area contributed by atoms with E-state index in [1.165, 1.54) is 29.2 Å². The lowest BCUT2D eigenvalue weighted by Gasteiger charge is -2.40. The summed E-state index contributed by atoms with van der Waals surface area (Å²) in [6, 6.07) is 6.04. The maximum Gasteiger partial charge on any atom is 0.254 e. The first kappa shape index (κ1) is 22.7. The molecule has 1 N–H and O–H groups in total. The summed E-state index contributed by atoms with van der Waals surface area (Å²) in [5, 5.41) is 2.44. The normalized spacial score (nSPS) is 19.2. The fourth-order valence-corrected chi connectivity index (χ4v) is 4.65. The van der Waals surface area contributed by atoms with Gasteiger partial charge in [-0.15, -0.1) is 0 Å². The van der Waals surface area contributed by atoms with Crippen molar-refractivity contribution >= 4 is 33.3 Å². The largest absolute Gasteiger partial charge is 0.347 e. The first-order chi connectivity index (χ1) is 15.1. The van der Waals surface area contributed by atoms with Crippen LogP contribution in [-0.4, -0.2) is 44.0 Å². The molecule has 0 radical (unpaired) electrons. The standard InChI is InChI=1S/C22H21ClF2N2O4S/c1-32(30,31)14-4-2-3-13(9-14)22(29)27-8-7-19(27)21(28)26-20(12-5-6-12)15-10-18(25)16(23)11-17(15)24/h2-4,9-12,19-20H,5-8H2,1H3,(H,26,28)/t19-,20+/m0/s1. The summed E-state index contributed by atoms with van der Waals surface area (Å²) in [6.07, 6.45) is 2.99. The Morgan fingerprint density at radius 2 is 1.84 bits per heavy atom. The second kappa shape index (κ2) is 8.44. The van der Waals surface area contributed by atoms with Gasteiger partial charge >= 0.3 is 0 Å². The Kier molecular flexibility index (Phi) is 5.98. The van der Waals surface area contributed by atoms with E-state index in [2.05, 4.69) is 5.32 Å². The number of nitrogens with zero attached hydrogens (tertiary/aromatic N) is 1. The maximum absolute atomic E-state index is 14.5. The molecule has 10 heteroatoms. The summed E-state index contributed by atoms with van der Waals surface area (Å²) in [6.45, 7) is 0.331. The van der Waals surface area contributed by atoms with Crippen LogP contribution in [0.1, 0.15) is 41.2 Å². The van der Waals surface area contributed by atoms with Gasteiger partial charge in [-0.05, 0) is 55.5 Å². The quantitative estimate of drug-likeness (QED) is 0.639. The number of amides is 2. The highest BCUT2D eigenvalue weighted by molar-refractivity contribution is 7.90. The van der Waals surface area contributed by atoms with E-state index in [9.17, 15) is 26.8 Å². The molecule has 0 aromatic heterocycles. The van der Waals surface area contributed by atoms with E-state index in [0.29, 0.717) is 13.0 Å². The minimum atomic E-state index is -3.49.